The van der Waals surface area contributed by atoms with E-state index >= 15 is 0 Å². The van der Waals surface area contributed by atoms with Crippen LogP contribution in [0.25, 0.3) is 0 Å². The minimum Gasteiger partial charge on any atom is -0.397 e. The third-order valence-corrected chi connectivity index (χ3v) is 3.67. The summed E-state index contributed by atoms with van der Waals surface area (Å²) in [5.74, 6) is 0.317. The van der Waals surface area contributed by atoms with E-state index in [-0.39, 0.29) is 5.91 Å². The molecule has 0 unspecified atom stereocenters. The maximum atomic E-state index is 12.3. The van der Waals surface area contributed by atoms with Crippen molar-refractivity contribution >= 4 is 33.3 Å². The van der Waals surface area contributed by atoms with Gasteiger partial charge < -0.3 is 15.6 Å². The number of hydrogen-bond donors (Lipinski definition) is 2. The predicted molar refractivity (Wildman–Crippen MR) is 77.0 cm³/mol. The molecule has 0 aliphatic heterocycles. The van der Waals surface area contributed by atoms with Crippen LogP contribution >= 0.6 is 15.9 Å². The number of rotatable bonds is 3. The SMILES string of the molecule is Nc1cc(C(=O)Nc2ncccc2Br)n(C2CC2)c1. The van der Waals surface area contributed by atoms with Crippen molar-refractivity contribution in [2.75, 3.05) is 11.1 Å². The second kappa shape index (κ2) is 4.70. The van der Waals surface area contributed by atoms with Crippen molar-refractivity contribution in [1.29, 1.82) is 0 Å². The lowest BCUT2D eigenvalue weighted by atomic mass is 10.3. The fourth-order valence-electron chi connectivity index (χ4n) is 1.99. The number of hydrogen-bond acceptors (Lipinski definition) is 3. The lowest BCUT2D eigenvalue weighted by Gasteiger charge is -2.08. The van der Waals surface area contributed by atoms with E-state index < -0.39 is 0 Å². The third-order valence-electron chi connectivity index (χ3n) is 3.03. The first-order valence-electron chi connectivity index (χ1n) is 6.04. The van der Waals surface area contributed by atoms with E-state index in [0.29, 0.717) is 23.2 Å². The Hall–Kier alpha value is -1.82. The van der Waals surface area contributed by atoms with Crippen LogP contribution in [0.3, 0.4) is 0 Å². The Morgan fingerprint density at radius 2 is 2.32 bits per heavy atom. The molecule has 1 aliphatic rings. The molecule has 19 heavy (non-hydrogen) atoms. The largest absolute Gasteiger partial charge is 0.397 e. The molecule has 0 atom stereocenters. The maximum absolute atomic E-state index is 12.3. The summed E-state index contributed by atoms with van der Waals surface area (Å²) >= 11 is 3.35. The van der Waals surface area contributed by atoms with Gasteiger partial charge in [-0.25, -0.2) is 4.98 Å². The molecule has 2 aromatic rings. The number of pyridine rings is 1. The smallest absolute Gasteiger partial charge is 0.273 e. The van der Waals surface area contributed by atoms with Gasteiger partial charge in [0.05, 0.1) is 10.2 Å². The van der Waals surface area contributed by atoms with Crippen molar-refractivity contribution < 1.29 is 4.79 Å². The first kappa shape index (κ1) is 12.2. The molecule has 1 amide bonds. The van der Waals surface area contributed by atoms with Crippen molar-refractivity contribution in [1.82, 2.24) is 9.55 Å². The van der Waals surface area contributed by atoms with Gasteiger partial charge in [0.1, 0.15) is 11.5 Å². The van der Waals surface area contributed by atoms with Crippen LogP contribution in [-0.2, 0) is 0 Å². The van der Waals surface area contributed by atoms with Crippen LogP contribution in [0.5, 0.6) is 0 Å². The summed E-state index contributed by atoms with van der Waals surface area (Å²) in [7, 11) is 0. The summed E-state index contributed by atoms with van der Waals surface area (Å²) in [6.07, 6.45) is 5.65. The van der Waals surface area contributed by atoms with Crippen molar-refractivity contribution in [3.05, 3.63) is 40.8 Å². The molecule has 1 aliphatic carbocycles. The van der Waals surface area contributed by atoms with E-state index in [1.165, 1.54) is 0 Å². The first-order valence-corrected chi connectivity index (χ1v) is 6.83. The summed E-state index contributed by atoms with van der Waals surface area (Å²) < 4.78 is 2.70. The molecule has 5 nitrogen and oxygen atoms in total. The molecule has 3 N–H and O–H groups in total. The Labute approximate surface area is 119 Å². The highest BCUT2D eigenvalue weighted by molar-refractivity contribution is 9.10. The molecule has 0 radical (unpaired) electrons. The number of nitrogen functional groups attached to an aromatic ring is 1. The molecule has 0 spiro atoms. The summed E-state index contributed by atoms with van der Waals surface area (Å²) in [6, 6.07) is 5.73. The van der Waals surface area contributed by atoms with E-state index in [1.54, 1.807) is 18.3 Å². The fraction of sp³-hybridized carbons (Fsp3) is 0.231. The molecule has 6 heteroatoms. The second-order valence-corrected chi connectivity index (χ2v) is 5.44. The van der Waals surface area contributed by atoms with E-state index in [9.17, 15) is 4.79 Å². The molecule has 98 valence electrons. The first-order chi connectivity index (χ1) is 9.15. The summed E-state index contributed by atoms with van der Waals surface area (Å²) in [6.45, 7) is 0. The highest BCUT2D eigenvalue weighted by Crippen LogP contribution is 2.37. The van der Waals surface area contributed by atoms with Crippen LogP contribution in [-0.4, -0.2) is 15.5 Å². The Morgan fingerprint density at radius 1 is 1.53 bits per heavy atom. The quantitative estimate of drug-likeness (QED) is 0.913. The number of nitrogens with zero attached hydrogens (tertiary/aromatic N) is 2. The van der Waals surface area contributed by atoms with E-state index in [1.807, 2.05) is 16.8 Å². The van der Waals surface area contributed by atoms with E-state index in [0.717, 1.165) is 17.3 Å². The van der Waals surface area contributed by atoms with Gasteiger partial charge in [-0.1, -0.05) is 0 Å². The minimum absolute atomic E-state index is 0.192. The monoisotopic (exact) mass is 320 g/mol. The van der Waals surface area contributed by atoms with Gasteiger partial charge in [-0.3, -0.25) is 4.79 Å². The number of nitrogens with two attached hydrogens (primary N) is 1. The van der Waals surface area contributed by atoms with Crippen LogP contribution in [0.4, 0.5) is 11.5 Å². The van der Waals surface area contributed by atoms with Gasteiger partial charge in [-0.05, 0) is 47.0 Å². The molecule has 2 heterocycles. The van der Waals surface area contributed by atoms with Crippen molar-refractivity contribution in [3.8, 4) is 0 Å². The Balaban J connectivity index is 1.86. The van der Waals surface area contributed by atoms with Gasteiger partial charge in [-0.15, -0.1) is 0 Å². The van der Waals surface area contributed by atoms with Gasteiger partial charge in [0.15, 0.2) is 0 Å². The molecule has 0 saturated heterocycles. The van der Waals surface area contributed by atoms with Crippen LogP contribution in [0, 0.1) is 0 Å². The standard InChI is InChI=1S/C13H13BrN4O/c14-10-2-1-5-16-12(10)17-13(19)11-6-8(15)7-18(11)9-3-4-9/h1-2,5-7,9H,3-4,15H2,(H,16,17,19). The highest BCUT2D eigenvalue weighted by Gasteiger charge is 2.27. The lowest BCUT2D eigenvalue weighted by molar-refractivity contribution is 0.101. The maximum Gasteiger partial charge on any atom is 0.273 e. The lowest BCUT2D eigenvalue weighted by Crippen LogP contribution is -2.17. The van der Waals surface area contributed by atoms with Gasteiger partial charge in [0, 0.05) is 18.4 Å². The zero-order chi connectivity index (χ0) is 13.4. The number of nitrogens with one attached hydrogen (secondary N) is 1. The van der Waals surface area contributed by atoms with E-state index in [4.69, 9.17) is 5.73 Å². The molecule has 0 aromatic carbocycles. The molecule has 1 fully saturated rings. The number of carbonyl (C=O) groups excluding carboxylic acids is 1. The fourth-order valence-corrected chi connectivity index (χ4v) is 2.34. The van der Waals surface area contributed by atoms with E-state index in [2.05, 4.69) is 26.2 Å². The molecule has 0 bridgehead atoms. The Bertz CT molecular complexity index is 633. The zero-order valence-electron chi connectivity index (χ0n) is 10.1. The average molecular weight is 321 g/mol. The van der Waals surface area contributed by atoms with Gasteiger partial charge in [0.2, 0.25) is 0 Å². The minimum atomic E-state index is -0.192. The molecule has 3 rings (SSSR count). The molecule has 1 saturated carbocycles. The van der Waals surface area contributed by atoms with Crippen molar-refractivity contribution in [2.45, 2.75) is 18.9 Å². The van der Waals surface area contributed by atoms with Crippen molar-refractivity contribution in [2.24, 2.45) is 0 Å². The molecule has 2 aromatic heterocycles. The van der Waals surface area contributed by atoms with Crippen LogP contribution < -0.4 is 11.1 Å². The highest BCUT2D eigenvalue weighted by atomic mass is 79.9. The predicted octanol–water partition coefficient (Wildman–Crippen LogP) is 2.82. The Morgan fingerprint density at radius 3 is 3.00 bits per heavy atom. The number of aromatic nitrogens is 2. The summed E-state index contributed by atoms with van der Waals surface area (Å²) in [4.78, 5) is 16.4. The molecular weight excluding hydrogens is 308 g/mol. The van der Waals surface area contributed by atoms with Crippen LogP contribution in [0.1, 0.15) is 29.4 Å². The summed E-state index contributed by atoms with van der Waals surface area (Å²) in [5, 5.41) is 2.79. The topological polar surface area (TPSA) is 72.9 Å². The Kier molecular flexibility index (Phi) is 3.02. The average Bonchev–Trinajstić information content (AvgIpc) is 3.15. The number of anilines is 2. The van der Waals surface area contributed by atoms with Gasteiger partial charge >= 0.3 is 0 Å². The second-order valence-electron chi connectivity index (χ2n) is 4.59. The summed E-state index contributed by atoms with van der Waals surface area (Å²) in [5.41, 5.74) is 6.97. The number of carbonyl (C=O) groups is 1. The number of halogens is 1. The molecular formula is C13H13BrN4O. The zero-order valence-corrected chi connectivity index (χ0v) is 11.7. The third kappa shape index (κ3) is 2.49. The van der Waals surface area contributed by atoms with Crippen LogP contribution in [0.2, 0.25) is 0 Å². The van der Waals surface area contributed by atoms with Gasteiger partial charge in [0.25, 0.3) is 5.91 Å². The normalized spacial score (nSPS) is 14.4. The van der Waals surface area contributed by atoms with Crippen molar-refractivity contribution in [3.63, 3.8) is 0 Å². The van der Waals surface area contributed by atoms with Gasteiger partial charge in [-0.2, -0.15) is 0 Å². The van der Waals surface area contributed by atoms with Crippen LogP contribution in [0.15, 0.2) is 35.1 Å². The number of amides is 1.